The molecule has 0 radical (unpaired) electrons. The van der Waals surface area contributed by atoms with E-state index >= 15 is 0 Å². The van der Waals surface area contributed by atoms with Crippen molar-refractivity contribution in [2.24, 2.45) is 5.73 Å². The molecule has 1 saturated heterocycles. The lowest BCUT2D eigenvalue weighted by Crippen LogP contribution is -2.53. The smallest absolute Gasteiger partial charge is 0.0278 e. The van der Waals surface area contributed by atoms with Crippen molar-refractivity contribution in [1.82, 2.24) is 4.90 Å². The summed E-state index contributed by atoms with van der Waals surface area (Å²) in [5.74, 6) is 0. The summed E-state index contributed by atoms with van der Waals surface area (Å²) < 4.78 is 0. The molecule has 0 saturated carbocycles. The minimum absolute atomic E-state index is 0.186. The van der Waals surface area contributed by atoms with Crippen LogP contribution in [0.15, 0.2) is 0 Å². The highest BCUT2D eigenvalue weighted by atomic mass is 15.2. The summed E-state index contributed by atoms with van der Waals surface area (Å²) >= 11 is 0. The molecule has 84 valence electrons. The van der Waals surface area contributed by atoms with Gasteiger partial charge in [0.2, 0.25) is 0 Å². The van der Waals surface area contributed by atoms with Crippen molar-refractivity contribution >= 4 is 0 Å². The Morgan fingerprint density at radius 3 is 2.57 bits per heavy atom. The van der Waals surface area contributed by atoms with Crippen molar-refractivity contribution in [3.63, 3.8) is 0 Å². The molecule has 0 aliphatic carbocycles. The highest BCUT2D eigenvalue weighted by molar-refractivity contribution is 4.88. The monoisotopic (exact) mass is 198 g/mol. The molecule has 0 aromatic rings. The molecule has 2 heteroatoms. The lowest BCUT2D eigenvalue weighted by Gasteiger charge is -2.42. The largest absolute Gasteiger partial charge is 0.329 e. The molecule has 0 amide bonds. The Morgan fingerprint density at radius 1 is 1.29 bits per heavy atom. The van der Waals surface area contributed by atoms with Gasteiger partial charge in [-0.3, -0.25) is 4.90 Å². The van der Waals surface area contributed by atoms with Crippen molar-refractivity contribution in [1.29, 1.82) is 0 Å². The Morgan fingerprint density at radius 2 is 2.00 bits per heavy atom. The van der Waals surface area contributed by atoms with Crippen molar-refractivity contribution < 1.29 is 0 Å². The molecule has 1 heterocycles. The third kappa shape index (κ3) is 2.71. The zero-order chi connectivity index (χ0) is 10.6. The van der Waals surface area contributed by atoms with Gasteiger partial charge in [-0.1, -0.05) is 19.8 Å². The van der Waals surface area contributed by atoms with Crippen molar-refractivity contribution in [3.05, 3.63) is 0 Å². The predicted molar refractivity (Wildman–Crippen MR) is 62.4 cm³/mol. The van der Waals surface area contributed by atoms with E-state index in [0.717, 1.165) is 12.6 Å². The minimum atomic E-state index is 0.186. The standard InChI is InChI=1S/C12H26N2/c1-4-11-8-6-5-7-9-14(11)12(2,3)10-13/h11H,4-10,13H2,1-3H3. The van der Waals surface area contributed by atoms with Crippen LogP contribution in [0.1, 0.15) is 52.9 Å². The Labute approximate surface area is 88.8 Å². The van der Waals surface area contributed by atoms with Gasteiger partial charge in [0.25, 0.3) is 0 Å². The van der Waals surface area contributed by atoms with Crippen LogP contribution in [-0.2, 0) is 0 Å². The van der Waals surface area contributed by atoms with Gasteiger partial charge in [-0.05, 0) is 39.7 Å². The average molecular weight is 198 g/mol. The molecular formula is C12H26N2. The third-order valence-electron chi connectivity index (χ3n) is 3.63. The van der Waals surface area contributed by atoms with E-state index in [-0.39, 0.29) is 5.54 Å². The van der Waals surface area contributed by atoms with E-state index in [1.807, 2.05) is 0 Å². The maximum absolute atomic E-state index is 5.86. The van der Waals surface area contributed by atoms with Gasteiger partial charge in [-0.2, -0.15) is 0 Å². The van der Waals surface area contributed by atoms with Crippen LogP contribution in [0.25, 0.3) is 0 Å². The first kappa shape index (κ1) is 12.0. The molecule has 14 heavy (non-hydrogen) atoms. The highest BCUT2D eigenvalue weighted by Gasteiger charge is 2.31. The first-order valence-electron chi connectivity index (χ1n) is 6.08. The lowest BCUT2D eigenvalue weighted by molar-refractivity contribution is 0.0747. The normalized spacial score (nSPS) is 26.1. The SMILES string of the molecule is CCC1CCCCCN1C(C)(C)CN. The topological polar surface area (TPSA) is 29.3 Å². The molecule has 2 N–H and O–H groups in total. The second kappa shape index (κ2) is 5.13. The third-order valence-corrected chi connectivity index (χ3v) is 3.63. The minimum Gasteiger partial charge on any atom is -0.329 e. The number of rotatable bonds is 3. The van der Waals surface area contributed by atoms with Crippen LogP contribution in [0, 0.1) is 0 Å². The van der Waals surface area contributed by atoms with Crippen LogP contribution < -0.4 is 5.73 Å². The van der Waals surface area contributed by atoms with E-state index in [1.165, 1.54) is 38.6 Å². The number of nitrogens with two attached hydrogens (primary N) is 1. The van der Waals surface area contributed by atoms with Gasteiger partial charge in [-0.25, -0.2) is 0 Å². The number of nitrogens with zero attached hydrogens (tertiary/aromatic N) is 1. The molecular weight excluding hydrogens is 172 g/mol. The maximum atomic E-state index is 5.86. The maximum Gasteiger partial charge on any atom is 0.0278 e. The highest BCUT2D eigenvalue weighted by Crippen LogP contribution is 2.26. The summed E-state index contributed by atoms with van der Waals surface area (Å²) in [7, 11) is 0. The fraction of sp³-hybridized carbons (Fsp3) is 1.00. The molecule has 1 unspecified atom stereocenters. The fourth-order valence-electron chi connectivity index (χ4n) is 2.52. The molecule has 1 aliphatic rings. The molecule has 0 bridgehead atoms. The van der Waals surface area contributed by atoms with Crippen LogP contribution in [0.4, 0.5) is 0 Å². The van der Waals surface area contributed by atoms with Gasteiger partial charge in [-0.15, -0.1) is 0 Å². The second-order valence-corrected chi connectivity index (χ2v) is 5.12. The van der Waals surface area contributed by atoms with E-state index in [0.29, 0.717) is 0 Å². The van der Waals surface area contributed by atoms with Gasteiger partial charge in [0, 0.05) is 18.1 Å². The summed E-state index contributed by atoms with van der Waals surface area (Å²) in [5.41, 5.74) is 6.05. The summed E-state index contributed by atoms with van der Waals surface area (Å²) in [6.07, 6.45) is 6.77. The van der Waals surface area contributed by atoms with Gasteiger partial charge in [0.1, 0.15) is 0 Å². The summed E-state index contributed by atoms with van der Waals surface area (Å²) in [6.45, 7) is 8.86. The van der Waals surface area contributed by atoms with E-state index in [9.17, 15) is 0 Å². The molecule has 1 aliphatic heterocycles. The number of hydrogen-bond acceptors (Lipinski definition) is 2. The molecule has 0 aromatic carbocycles. The molecule has 1 fully saturated rings. The first-order chi connectivity index (χ1) is 6.61. The van der Waals surface area contributed by atoms with Crippen molar-refractivity contribution in [2.45, 2.75) is 64.5 Å². The average Bonchev–Trinajstić information content (AvgIpc) is 2.42. The number of likely N-dealkylation sites (tertiary alicyclic amines) is 1. The predicted octanol–water partition coefficient (Wildman–Crippen LogP) is 2.38. The number of hydrogen-bond donors (Lipinski definition) is 1. The van der Waals surface area contributed by atoms with Crippen molar-refractivity contribution in [2.75, 3.05) is 13.1 Å². The molecule has 1 atom stereocenters. The lowest BCUT2D eigenvalue weighted by atomic mass is 9.98. The van der Waals surface area contributed by atoms with E-state index in [4.69, 9.17) is 5.73 Å². The summed E-state index contributed by atoms with van der Waals surface area (Å²) in [4.78, 5) is 2.64. The Kier molecular flexibility index (Phi) is 4.39. The van der Waals surface area contributed by atoms with Crippen LogP contribution in [-0.4, -0.2) is 29.6 Å². The van der Waals surface area contributed by atoms with Crippen LogP contribution in [0.3, 0.4) is 0 Å². The molecule has 0 spiro atoms. The zero-order valence-corrected chi connectivity index (χ0v) is 10.1. The van der Waals surface area contributed by atoms with Crippen LogP contribution >= 0.6 is 0 Å². The van der Waals surface area contributed by atoms with Gasteiger partial charge in [0.15, 0.2) is 0 Å². The van der Waals surface area contributed by atoms with E-state index in [1.54, 1.807) is 0 Å². The van der Waals surface area contributed by atoms with Crippen molar-refractivity contribution in [3.8, 4) is 0 Å². The van der Waals surface area contributed by atoms with Gasteiger partial charge < -0.3 is 5.73 Å². The fourth-order valence-corrected chi connectivity index (χ4v) is 2.52. The van der Waals surface area contributed by atoms with Crippen LogP contribution in [0.5, 0.6) is 0 Å². The molecule has 2 nitrogen and oxygen atoms in total. The summed E-state index contributed by atoms with van der Waals surface area (Å²) in [5, 5.41) is 0. The Bertz CT molecular complexity index is 166. The molecule has 1 rings (SSSR count). The van der Waals surface area contributed by atoms with E-state index in [2.05, 4.69) is 25.7 Å². The van der Waals surface area contributed by atoms with Crippen LogP contribution in [0.2, 0.25) is 0 Å². The first-order valence-corrected chi connectivity index (χ1v) is 6.08. The van der Waals surface area contributed by atoms with Gasteiger partial charge >= 0.3 is 0 Å². The quantitative estimate of drug-likeness (QED) is 0.754. The Balaban J connectivity index is 2.69. The second-order valence-electron chi connectivity index (χ2n) is 5.12. The van der Waals surface area contributed by atoms with E-state index < -0.39 is 0 Å². The Hall–Kier alpha value is -0.0800. The zero-order valence-electron chi connectivity index (χ0n) is 10.1. The van der Waals surface area contributed by atoms with Gasteiger partial charge in [0.05, 0.1) is 0 Å². The summed E-state index contributed by atoms with van der Waals surface area (Å²) in [6, 6.07) is 0.760. The molecule has 0 aromatic heterocycles.